The number of nitrogens with zero attached hydrogens (tertiary/aromatic N) is 1. The van der Waals surface area contributed by atoms with Crippen LogP contribution in [0.4, 0.5) is 5.69 Å². The Morgan fingerprint density at radius 1 is 1.00 bits per heavy atom. The molecular weight excluding hydrogens is 523 g/mol. The molecule has 0 unspecified atom stereocenters. The van der Waals surface area contributed by atoms with Crippen LogP contribution < -0.4 is 15.4 Å². The van der Waals surface area contributed by atoms with Gasteiger partial charge in [-0.05, 0) is 37.0 Å². The van der Waals surface area contributed by atoms with E-state index >= 15 is 0 Å². The molecule has 1 aliphatic carbocycles. The minimum Gasteiger partial charge on any atom is -0.357 e. The van der Waals surface area contributed by atoms with E-state index in [9.17, 15) is 8.42 Å². The van der Waals surface area contributed by atoms with Crippen LogP contribution >= 0.6 is 24.0 Å². The molecule has 2 aromatic rings. The van der Waals surface area contributed by atoms with Crippen LogP contribution in [0.25, 0.3) is 0 Å². The number of nitrogens with one attached hydrogen (secondary N) is 3. The van der Waals surface area contributed by atoms with Crippen molar-refractivity contribution in [1.82, 2.24) is 10.6 Å². The maximum atomic E-state index is 11.6. The predicted octanol–water partition coefficient (Wildman–Crippen LogP) is 4.24. The Bertz CT molecular complexity index is 959. The van der Waals surface area contributed by atoms with Gasteiger partial charge in [-0.2, -0.15) is 0 Å². The van der Waals surface area contributed by atoms with Crippen molar-refractivity contribution in [1.29, 1.82) is 0 Å². The fraction of sp³-hybridized carbons (Fsp3) is 0.435. The standard InChI is InChI=1S/C23H32N4O2S.HI/c1-3-24-22(25-17-19-11-7-8-14-21(19)27-30(2,28)29)26-18-23(15-9-10-16-23)20-12-5-4-6-13-20;/h4-8,11-14,27H,3,9-10,15-18H2,1-2H3,(H2,24,25,26);1H. The van der Waals surface area contributed by atoms with Crippen LogP contribution in [-0.4, -0.2) is 33.7 Å². The summed E-state index contributed by atoms with van der Waals surface area (Å²) in [5.41, 5.74) is 2.91. The molecular formula is C23H33IN4O2S. The van der Waals surface area contributed by atoms with Gasteiger partial charge in [-0.1, -0.05) is 61.4 Å². The van der Waals surface area contributed by atoms with E-state index in [1.54, 1.807) is 6.07 Å². The van der Waals surface area contributed by atoms with Gasteiger partial charge in [0.15, 0.2) is 5.96 Å². The van der Waals surface area contributed by atoms with E-state index in [2.05, 4.69) is 45.7 Å². The smallest absolute Gasteiger partial charge is 0.229 e. The highest BCUT2D eigenvalue weighted by Gasteiger charge is 2.35. The minimum atomic E-state index is -3.34. The van der Waals surface area contributed by atoms with Crippen molar-refractivity contribution in [2.24, 2.45) is 4.99 Å². The molecule has 0 aromatic heterocycles. The van der Waals surface area contributed by atoms with Gasteiger partial charge in [-0.15, -0.1) is 24.0 Å². The van der Waals surface area contributed by atoms with Crippen molar-refractivity contribution < 1.29 is 8.42 Å². The summed E-state index contributed by atoms with van der Waals surface area (Å²) >= 11 is 0. The molecule has 3 rings (SSSR count). The molecule has 3 N–H and O–H groups in total. The lowest BCUT2D eigenvalue weighted by Crippen LogP contribution is -2.44. The first-order valence-electron chi connectivity index (χ1n) is 10.6. The largest absolute Gasteiger partial charge is 0.357 e. The molecule has 1 saturated carbocycles. The number of benzene rings is 2. The molecule has 6 nitrogen and oxygen atoms in total. The summed E-state index contributed by atoms with van der Waals surface area (Å²) in [6, 6.07) is 18.1. The zero-order valence-electron chi connectivity index (χ0n) is 18.2. The summed E-state index contributed by atoms with van der Waals surface area (Å²) in [6.45, 7) is 4.00. The molecule has 31 heavy (non-hydrogen) atoms. The summed E-state index contributed by atoms with van der Waals surface area (Å²) in [5, 5.41) is 6.85. The average Bonchev–Trinajstić information content (AvgIpc) is 3.21. The molecule has 2 aromatic carbocycles. The Morgan fingerprint density at radius 2 is 1.65 bits per heavy atom. The molecule has 0 heterocycles. The van der Waals surface area contributed by atoms with E-state index in [1.807, 2.05) is 25.1 Å². The van der Waals surface area contributed by atoms with Gasteiger partial charge in [0.2, 0.25) is 10.0 Å². The van der Waals surface area contributed by atoms with E-state index in [0.29, 0.717) is 12.2 Å². The summed E-state index contributed by atoms with van der Waals surface area (Å²) in [5.74, 6) is 0.744. The lowest BCUT2D eigenvalue weighted by atomic mass is 9.79. The van der Waals surface area contributed by atoms with Gasteiger partial charge in [0.25, 0.3) is 0 Å². The summed E-state index contributed by atoms with van der Waals surface area (Å²) in [6.07, 6.45) is 5.99. The molecule has 0 spiro atoms. The monoisotopic (exact) mass is 556 g/mol. The second kappa shape index (κ2) is 11.7. The first-order chi connectivity index (χ1) is 14.4. The number of aliphatic imine (C=N–C) groups is 1. The quantitative estimate of drug-likeness (QED) is 0.258. The SMILES string of the molecule is CCNC(=NCc1ccccc1NS(C)(=O)=O)NCC1(c2ccccc2)CCCC1.I. The van der Waals surface area contributed by atoms with E-state index in [1.165, 1.54) is 31.2 Å². The molecule has 0 saturated heterocycles. The van der Waals surface area contributed by atoms with Gasteiger partial charge >= 0.3 is 0 Å². The lowest BCUT2D eigenvalue weighted by molar-refractivity contribution is 0.432. The Labute approximate surface area is 203 Å². The third kappa shape index (κ3) is 7.38. The minimum absolute atomic E-state index is 0. The van der Waals surface area contributed by atoms with Crippen molar-refractivity contribution in [3.8, 4) is 0 Å². The fourth-order valence-electron chi connectivity index (χ4n) is 4.13. The van der Waals surface area contributed by atoms with Crippen LogP contribution in [0.15, 0.2) is 59.6 Å². The summed E-state index contributed by atoms with van der Waals surface area (Å²) in [7, 11) is -3.34. The molecule has 1 aliphatic rings. The number of rotatable bonds is 8. The van der Waals surface area contributed by atoms with Gasteiger partial charge in [0, 0.05) is 18.5 Å². The van der Waals surface area contributed by atoms with E-state index < -0.39 is 10.0 Å². The molecule has 170 valence electrons. The van der Waals surface area contributed by atoms with Crippen LogP contribution in [0.1, 0.15) is 43.7 Å². The summed E-state index contributed by atoms with van der Waals surface area (Å²) < 4.78 is 25.9. The summed E-state index contributed by atoms with van der Waals surface area (Å²) in [4.78, 5) is 4.72. The van der Waals surface area contributed by atoms with E-state index in [0.717, 1.165) is 30.9 Å². The van der Waals surface area contributed by atoms with Gasteiger partial charge in [0.1, 0.15) is 0 Å². The number of halogens is 1. The molecule has 1 fully saturated rings. The van der Waals surface area contributed by atoms with Crippen molar-refractivity contribution in [2.45, 2.75) is 44.6 Å². The molecule has 0 bridgehead atoms. The molecule has 0 atom stereocenters. The maximum Gasteiger partial charge on any atom is 0.229 e. The topological polar surface area (TPSA) is 82.6 Å². The Hall–Kier alpha value is -1.81. The Morgan fingerprint density at radius 3 is 2.29 bits per heavy atom. The molecule has 0 radical (unpaired) electrons. The highest BCUT2D eigenvalue weighted by Crippen LogP contribution is 2.40. The highest BCUT2D eigenvalue weighted by atomic mass is 127. The van der Waals surface area contributed by atoms with E-state index in [4.69, 9.17) is 4.99 Å². The van der Waals surface area contributed by atoms with Gasteiger partial charge in [-0.25, -0.2) is 13.4 Å². The second-order valence-electron chi connectivity index (χ2n) is 7.93. The Kier molecular flexibility index (Phi) is 9.61. The molecule has 8 heteroatoms. The second-order valence-corrected chi connectivity index (χ2v) is 9.68. The highest BCUT2D eigenvalue weighted by molar-refractivity contribution is 14.0. The number of hydrogen-bond acceptors (Lipinski definition) is 3. The lowest BCUT2D eigenvalue weighted by Gasteiger charge is -2.31. The third-order valence-corrected chi connectivity index (χ3v) is 6.20. The normalized spacial score (nSPS) is 15.7. The molecule has 0 aliphatic heterocycles. The fourth-order valence-corrected chi connectivity index (χ4v) is 4.73. The molecule has 0 amide bonds. The number of sulfonamides is 1. The van der Waals surface area contributed by atoms with Crippen LogP contribution in [0.3, 0.4) is 0 Å². The van der Waals surface area contributed by atoms with Crippen molar-refractivity contribution in [3.63, 3.8) is 0 Å². The first-order valence-corrected chi connectivity index (χ1v) is 12.4. The zero-order valence-corrected chi connectivity index (χ0v) is 21.4. The average molecular weight is 557 g/mol. The Balaban J connectivity index is 0.00000341. The first kappa shape index (κ1) is 25.5. The van der Waals surface area contributed by atoms with Gasteiger partial charge < -0.3 is 10.6 Å². The van der Waals surface area contributed by atoms with Crippen molar-refractivity contribution >= 4 is 45.6 Å². The van der Waals surface area contributed by atoms with Crippen molar-refractivity contribution in [2.75, 3.05) is 24.1 Å². The number of para-hydroxylation sites is 1. The van der Waals surface area contributed by atoms with Crippen LogP contribution in [0, 0.1) is 0 Å². The predicted molar refractivity (Wildman–Crippen MR) is 140 cm³/mol. The van der Waals surface area contributed by atoms with Crippen molar-refractivity contribution in [3.05, 3.63) is 65.7 Å². The van der Waals surface area contributed by atoms with Crippen LogP contribution in [0.2, 0.25) is 0 Å². The zero-order chi connectivity index (χ0) is 21.5. The van der Waals surface area contributed by atoms with E-state index in [-0.39, 0.29) is 29.4 Å². The number of hydrogen-bond donors (Lipinski definition) is 3. The van der Waals surface area contributed by atoms with Crippen LogP contribution in [-0.2, 0) is 22.0 Å². The maximum absolute atomic E-state index is 11.6. The van der Waals surface area contributed by atoms with Gasteiger partial charge in [0.05, 0.1) is 18.5 Å². The van der Waals surface area contributed by atoms with Crippen LogP contribution in [0.5, 0.6) is 0 Å². The number of guanidine groups is 1. The van der Waals surface area contributed by atoms with Gasteiger partial charge in [-0.3, -0.25) is 4.72 Å². The third-order valence-electron chi connectivity index (χ3n) is 5.61. The number of anilines is 1.